The quantitative estimate of drug-likeness (QED) is 0.638. The highest BCUT2D eigenvalue weighted by molar-refractivity contribution is 5.78. The number of unbranched alkanes of at least 4 members (excludes halogenated alkanes) is 1. The number of ether oxygens (including phenoxy) is 1. The van der Waals surface area contributed by atoms with E-state index in [2.05, 4.69) is 10.6 Å². The molecule has 0 bridgehead atoms. The fourth-order valence-electron chi connectivity index (χ4n) is 1.44. The number of carboxylic acid groups (broad SMARTS) is 1. The second-order valence-corrected chi connectivity index (χ2v) is 5.50. The highest BCUT2D eigenvalue weighted by Crippen LogP contribution is 2.08. The van der Waals surface area contributed by atoms with Gasteiger partial charge in [-0.3, -0.25) is 4.79 Å². The van der Waals surface area contributed by atoms with Crippen LogP contribution in [0.25, 0.3) is 0 Å². The average molecular weight is 287 g/mol. The Morgan fingerprint density at radius 2 is 1.80 bits per heavy atom. The van der Waals surface area contributed by atoms with Gasteiger partial charge in [-0.25, -0.2) is 4.79 Å². The Bertz CT molecular complexity index is 349. The first kappa shape index (κ1) is 18.2. The van der Waals surface area contributed by atoms with Gasteiger partial charge in [0.1, 0.15) is 5.60 Å². The van der Waals surface area contributed by atoms with Crippen LogP contribution in [0, 0.1) is 0 Å². The minimum absolute atomic E-state index is 0.131. The maximum atomic E-state index is 11.5. The summed E-state index contributed by atoms with van der Waals surface area (Å²) in [6, 6.07) is -1.10. The Morgan fingerprint density at radius 1 is 1.20 bits per heavy atom. The second-order valence-electron chi connectivity index (χ2n) is 5.50. The summed E-state index contributed by atoms with van der Waals surface area (Å²) in [5, 5.41) is 15.8. The minimum Gasteiger partial charge on any atom is -0.548 e. The first-order valence-corrected chi connectivity index (χ1v) is 6.56. The lowest BCUT2D eigenvalue weighted by molar-refractivity contribution is -0.308. The smallest absolute Gasteiger partial charge is 0.408 e. The van der Waals surface area contributed by atoms with Crippen LogP contribution in [0.5, 0.6) is 0 Å². The third-order valence-corrected chi connectivity index (χ3v) is 2.27. The number of nitrogens with one attached hydrogen (secondary N) is 2. The largest absolute Gasteiger partial charge is 0.548 e. The third-order valence-electron chi connectivity index (χ3n) is 2.27. The molecular weight excluding hydrogens is 264 g/mol. The fraction of sp³-hybridized carbons (Fsp3) is 0.769. The number of carboxylic acids is 1. The average Bonchev–Trinajstić information content (AvgIpc) is 2.23. The fourth-order valence-corrected chi connectivity index (χ4v) is 1.44. The topological polar surface area (TPSA) is 108 Å². The Hall–Kier alpha value is -1.79. The van der Waals surface area contributed by atoms with E-state index in [1.807, 2.05) is 0 Å². The van der Waals surface area contributed by atoms with Crippen LogP contribution in [0.1, 0.15) is 47.0 Å². The van der Waals surface area contributed by atoms with Gasteiger partial charge in [0.05, 0.1) is 12.0 Å². The van der Waals surface area contributed by atoms with Crippen molar-refractivity contribution in [2.24, 2.45) is 0 Å². The molecule has 0 aromatic carbocycles. The lowest BCUT2D eigenvalue weighted by atomic mass is 10.1. The zero-order valence-corrected chi connectivity index (χ0v) is 12.4. The number of alkyl carbamates (subject to hydrolysis) is 1. The SMILES string of the molecule is CC(=O)NCCCC[C@H](NC(=O)OC(C)(C)C)C(=O)[O-]. The van der Waals surface area contributed by atoms with Gasteiger partial charge in [-0.15, -0.1) is 0 Å². The van der Waals surface area contributed by atoms with Crippen LogP contribution in [0.2, 0.25) is 0 Å². The van der Waals surface area contributed by atoms with Crippen molar-refractivity contribution >= 4 is 18.0 Å². The Morgan fingerprint density at radius 3 is 2.25 bits per heavy atom. The van der Waals surface area contributed by atoms with E-state index in [1.165, 1.54) is 6.92 Å². The summed E-state index contributed by atoms with van der Waals surface area (Å²) in [6.45, 7) is 6.95. The zero-order chi connectivity index (χ0) is 15.8. The summed E-state index contributed by atoms with van der Waals surface area (Å²) < 4.78 is 4.98. The van der Waals surface area contributed by atoms with Crippen molar-refractivity contribution in [2.75, 3.05) is 6.54 Å². The molecule has 2 N–H and O–H groups in total. The molecule has 1 atom stereocenters. The van der Waals surface area contributed by atoms with Crippen LogP contribution >= 0.6 is 0 Å². The zero-order valence-electron chi connectivity index (χ0n) is 12.4. The van der Waals surface area contributed by atoms with Gasteiger partial charge >= 0.3 is 6.09 Å². The first-order chi connectivity index (χ1) is 9.11. The van der Waals surface area contributed by atoms with Gasteiger partial charge in [-0.2, -0.15) is 0 Å². The van der Waals surface area contributed by atoms with Gasteiger partial charge < -0.3 is 25.3 Å². The molecule has 0 aliphatic heterocycles. The van der Waals surface area contributed by atoms with Gasteiger partial charge in [0.25, 0.3) is 0 Å². The van der Waals surface area contributed by atoms with E-state index in [4.69, 9.17) is 4.74 Å². The Balaban J connectivity index is 4.08. The number of rotatable bonds is 7. The van der Waals surface area contributed by atoms with Gasteiger partial charge in [0.2, 0.25) is 5.91 Å². The van der Waals surface area contributed by atoms with Crippen molar-refractivity contribution in [3.63, 3.8) is 0 Å². The van der Waals surface area contributed by atoms with Gasteiger partial charge in [0, 0.05) is 13.5 Å². The molecule has 20 heavy (non-hydrogen) atoms. The van der Waals surface area contributed by atoms with Gasteiger partial charge in [-0.1, -0.05) is 0 Å². The van der Waals surface area contributed by atoms with E-state index >= 15 is 0 Å². The van der Waals surface area contributed by atoms with Crippen molar-refractivity contribution in [1.82, 2.24) is 10.6 Å². The normalized spacial score (nSPS) is 12.4. The van der Waals surface area contributed by atoms with Crippen molar-refractivity contribution in [2.45, 2.75) is 58.6 Å². The van der Waals surface area contributed by atoms with Crippen LogP contribution in [-0.2, 0) is 14.3 Å². The molecule has 0 aliphatic carbocycles. The van der Waals surface area contributed by atoms with Crippen LogP contribution in [0.3, 0.4) is 0 Å². The van der Waals surface area contributed by atoms with Crippen molar-refractivity contribution in [1.29, 1.82) is 0 Å². The number of carbonyl (C=O) groups excluding carboxylic acids is 3. The molecule has 0 heterocycles. The summed E-state index contributed by atoms with van der Waals surface area (Å²) in [4.78, 5) is 33.0. The van der Waals surface area contributed by atoms with Gasteiger partial charge in [0.15, 0.2) is 0 Å². The summed E-state index contributed by atoms with van der Waals surface area (Å²) in [6.07, 6.45) is 0.600. The van der Waals surface area contributed by atoms with Crippen molar-refractivity contribution < 1.29 is 24.2 Å². The standard InChI is InChI=1S/C13H24N2O5/c1-9(16)14-8-6-5-7-10(11(17)18)15-12(19)20-13(2,3)4/h10H,5-8H2,1-4H3,(H,14,16)(H,15,19)(H,17,18)/p-1/t10-/m0/s1. The lowest BCUT2D eigenvalue weighted by Gasteiger charge is -2.24. The molecule has 2 amide bonds. The van der Waals surface area contributed by atoms with E-state index in [9.17, 15) is 19.5 Å². The third kappa shape index (κ3) is 10.2. The highest BCUT2D eigenvalue weighted by Gasteiger charge is 2.19. The number of hydrogen-bond donors (Lipinski definition) is 2. The molecule has 0 radical (unpaired) electrons. The monoisotopic (exact) mass is 287 g/mol. The van der Waals surface area contributed by atoms with Crippen molar-refractivity contribution in [3.8, 4) is 0 Å². The maximum Gasteiger partial charge on any atom is 0.408 e. The molecule has 0 spiro atoms. The molecule has 0 aliphatic rings. The van der Waals surface area contributed by atoms with E-state index in [-0.39, 0.29) is 12.3 Å². The molecule has 0 saturated carbocycles. The summed E-state index contributed by atoms with van der Waals surface area (Å²) in [5.41, 5.74) is -0.689. The van der Waals surface area contributed by atoms with Gasteiger partial charge in [-0.05, 0) is 40.0 Å². The molecular formula is C13H23N2O5-. The van der Waals surface area contributed by atoms with E-state index < -0.39 is 23.7 Å². The molecule has 0 fully saturated rings. The van der Waals surface area contributed by atoms with E-state index in [1.54, 1.807) is 20.8 Å². The van der Waals surface area contributed by atoms with Crippen LogP contribution in [-0.4, -0.2) is 36.2 Å². The molecule has 0 saturated heterocycles. The number of hydrogen-bond acceptors (Lipinski definition) is 5. The summed E-state index contributed by atoms with van der Waals surface area (Å²) in [7, 11) is 0. The van der Waals surface area contributed by atoms with Crippen LogP contribution in [0.15, 0.2) is 0 Å². The summed E-state index contributed by atoms with van der Waals surface area (Å²) >= 11 is 0. The van der Waals surface area contributed by atoms with Crippen molar-refractivity contribution in [3.05, 3.63) is 0 Å². The molecule has 0 aromatic rings. The predicted molar refractivity (Wildman–Crippen MR) is 70.7 cm³/mol. The first-order valence-electron chi connectivity index (χ1n) is 6.56. The molecule has 0 unspecified atom stereocenters. The molecule has 7 heteroatoms. The van der Waals surface area contributed by atoms with Crippen LogP contribution in [0.4, 0.5) is 4.79 Å². The van der Waals surface area contributed by atoms with E-state index in [0.717, 1.165) is 0 Å². The highest BCUT2D eigenvalue weighted by atomic mass is 16.6. The number of amides is 2. The summed E-state index contributed by atoms with van der Waals surface area (Å²) in [5.74, 6) is -1.48. The Kier molecular flexibility index (Phi) is 7.64. The lowest BCUT2D eigenvalue weighted by Crippen LogP contribution is -2.49. The van der Waals surface area contributed by atoms with E-state index in [0.29, 0.717) is 19.4 Å². The predicted octanol–water partition coefficient (Wildman–Crippen LogP) is -0.0640. The number of carbonyl (C=O) groups is 3. The minimum atomic E-state index is -1.35. The Labute approximate surface area is 119 Å². The number of aliphatic carboxylic acids is 1. The maximum absolute atomic E-state index is 11.5. The molecule has 116 valence electrons. The van der Waals surface area contributed by atoms with Crippen LogP contribution < -0.4 is 15.7 Å². The second kappa shape index (κ2) is 8.39. The molecule has 0 rings (SSSR count). The molecule has 0 aromatic heterocycles. The molecule has 7 nitrogen and oxygen atoms in total.